The van der Waals surface area contributed by atoms with Crippen LogP contribution in [0, 0.1) is 0 Å². The van der Waals surface area contributed by atoms with E-state index in [2.05, 4.69) is 9.97 Å². The second kappa shape index (κ2) is 8.22. The van der Waals surface area contributed by atoms with Gasteiger partial charge in [0.15, 0.2) is 0 Å². The predicted molar refractivity (Wildman–Crippen MR) is 109 cm³/mol. The van der Waals surface area contributed by atoms with Gasteiger partial charge in [-0.2, -0.15) is 13.2 Å². The maximum Gasteiger partial charge on any atom is 0.417 e. The smallest absolute Gasteiger partial charge is 0.417 e. The number of aromatic nitrogens is 2. The van der Waals surface area contributed by atoms with Crippen LogP contribution in [0.3, 0.4) is 0 Å². The Morgan fingerprint density at radius 3 is 2.68 bits per heavy atom. The van der Waals surface area contributed by atoms with Crippen LogP contribution < -0.4 is 10.3 Å². The number of carbonyl (C=O) groups is 1. The molecule has 0 fully saturated rings. The number of rotatable bonds is 5. The van der Waals surface area contributed by atoms with E-state index in [9.17, 15) is 22.8 Å². The molecule has 0 aliphatic heterocycles. The number of H-pyrrole nitrogens is 1. The largest absolute Gasteiger partial charge is 0.486 e. The summed E-state index contributed by atoms with van der Waals surface area (Å²) in [6.45, 7) is -0.0822. The highest BCUT2D eigenvalue weighted by molar-refractivity contribution is 5.87. The molecule has 4 rings (SSSR count). The van der Waals surface area contributed by atoms with Crippen LogP contribution in [0.2, 0.25) is 0 Å². The Kier molecular flexibility index (Phi) is 5.46. The fourth-order valence-electron chi connectivity index (χ4n) is 3.50. The number of nitrogens with one attached hydrogen (secondary N) is 1. The Hall–Kier alpha value is -3.68. The van der Waals surface area contributed by atoms with Gasteiger partial charge in [0.25, 0.3) is 5.56 Å². The van der Waals surface area contributed by atoms with Crippen molar-refractivity contribution in [2.75, 3.05) is 0 Å². The number of allylic oxidation sites excluding steroid dienone is 1. The van der Waals surface area contributed by atoms with Crippen LogP contribution in [-0.2, 0) is 19.2 Å². The molecule has 0 spiro atoms. The zero-order chi connectivity index (χ0) is 22.0. The van der Waals surface area contributed by atoms with Crippen LogP contribution in [0.5, 0.6) is 5.75 Å². The van der Waals surface area contributed by atoms with Crippen LogP contribution in [-0.4, -0.2) is 16.3 Å². The lowest BCUT2D eigenvalue weighted by molar-refractivity contribution is -0.137. The summed E-state index contributed by atoms with van der Waals surface area (Å²) in [6.07, 6.45) is 1.68. The summed E-state index contributed by atoms with van der Waals surface area (Å²) in [6, 6.07) is 9.18. The van der Waals surface area contributed by atoms with Gasteiger partial charge in [-0.15, -0.1) is 0 Å². The standard InChI is InChI=1S/C23H17F3N2O3/c24-23(25,26)18-5-6-19(28-11-18)13-31-20-7-8-27-22(30)21(20)17-4-3-15-9-14(12-29)1-2-16(15)10-17/h1-2,5-12H,3-4,13H2,(H,27,30). The second-order valence-corrected chi connectivity index (χ2v) is 7.12. The molecule has 2 heterocycles. The maximum absolute atomic E-state index is 12.7. The lowest BCUT2D eigenvalue weighted by atomic mass is 9.88. The molecule has 1 N–H and O–H groups in total. The summed E-state index contributed by atoms with van der Waals surface area (Å²) < 4.78 is 43.8. The van der Waals surface area contributed by atoms with Gasteiger partial charge < -0.3 is 9.72 Å². The molecular weight excluding hydrogens is 409 g/mol. The van der Waals surface area contributed by atoms with Gasteiger partial charge in [-0.05, 0) is 53.8 Å². The molecule has 0 atom stereocenters. The minimum atomic E-state index is -4.46. The Balaban J connectivity index is 1.60. The number of fused-ring (bicyclic) bond motifs is 1. The average Bonchev–Trinajstić information content (AvgIpc) is 2.76. The van der Waals surface area contributed by atoms with Crippen LogP contribution in [0.1, 0.15) is 44.7 Å². The quantitative estimate of drug-likeness (QED) is 0.602. The summed E-state index contributed by atoms with van der Waals surface area (Å²) in [5.74, 6) is 0.324. The highest BCUT2D eigenvalue weighted by atomic mass is 19.4. The Labute approximate surface area is 175 Å². The van der Waals surface area contributed by atoms with Gasteiger partial charge in [0.1, 0.15) is 18.6 Å². The van der Waals surface area contributed by atoms with Gasteiger partial charge in [-0.25, -0.2) is 0 Å². The number of nitrogens with zero attached hydrogens (tertiary/aromatic N) is 1. The van der Waals surface area contributed by atoms with Gasteiger partial charge >= 0.3 is 6.18 Å². The number of aldehydes is 1. The van der Waals surface area contributed by atoms with Gasteiger partial charge in [0.2, 0.25) is 0 Å². The highest BCUT2D eigenvalue weighted by Crippen LogP contribution is 2.33. The number of hydrogen-bond acceptors (Lipinski definition) is 4. The van der Waals surface area contributed by atoms with Crippen molar-refractivity contribution < 1.29 is 22.7 Å². The summed E-state index contributed by atoms with van der Waals surface area (Å²) in [5.41, 5.74) is 2.85. The van der Waals surface area contributed by atoms with Crippen molar-refractivity contribution in [1.29, 1.82) is 0 Å². The topological polar surface area (TPSA) is 72.0 Å². The third kappa shape index (κ3) is 4.42. The van der Waals surface area contributed by atoms with Gasteiger partial charge in [0.05, 0.1) is 16.8 Å². The molecule has 0 amide bonds. The first kappa shape index (κ1) is 20.6. The maximum atomic E-state index is 12.7. The normalized spacial score (nSPS) is 13.3. The number of benzene rings is 1. The van der Waals surface area contributed by atoms with Crippen LogP contribution >= 0.6 is 0 Å². The minimum absolute atomic E-state index is 0.0822. The number of carbonyl (C=O) groups excluding carboxylic acids is 1. The molecule has 1 aromatic carbocycles. The van der Waals surface area contributed by atoms with E-state index in [0.717, 1.165) is 35.2 Å². The van der Waals surface area contributed by atoms with Crippen molar-refractivity contribution in [1.82, 2.24) is 9.97 Å². The van der Waals surface area contributed by atoms with Crippen LogP contribution in [0.15, 0.2) is 53.6 Å². The first-order valence-corrected chi connectivity index (χ1v) is 9.51. The van der Waals surface area contributed by atoms with Crippen molar-refractivity contribution >= 4 is 17.9 Å². The molecule has 31 heavy (non-hydrogen) atoms. The van der Waals surface area contributed by atoms with E-state index in [1.165, 1.54) is 12.3 Å². The van der Waals surface area contributed by atoms with E-state index in [0.29, 0.717) is 35.4 Å². The lowest BCUT2D eigenvalue weighted by Crippen LogP contribution is -2.15. The van der Waals surface area contributed by atoms with Crippen LogP contribution in [0.25, 0.3) is 11.6 Å². The third-order valence-corrected chi connectivity index (χ3v) is 5.07. The molecule has 0 radical (unpaired) electrons. The van der Waals surface area contributed by atoms with Crippen molar-refractivity contribution in [3.05, 3.63) is 92.7 Å². The Bertz CT molecular complexity index is 1210. The molecule has 3 aromatic rings. The molecule has 0 saturated heterocycles. The number of hydrogen-bond donors (Lipinski definition) is 1. The third-order valence-electron chi connectivity index (χ3n) is 5.07. The molecule has 5 nitrogen and oxygen atoms in total. The van der Waals surface area contributed by atoms with E-state index in [1.807, 2.05) is 18.2 Å². The molecule has 8 heteroatoms. The first-order chi connectivity index (χ1) is 14.8. The second-order valence-electron chi connectivity index (χ2n) is 7.12. The molecule has 1 aliphatic carbocycles. The van der Waals surface area contributed by atoms with E-state index < -0.39 is 11.7 Å². The molecule has 0 unspecified atom stereocenters. The minimum Gasteiger partial charge on any atom is -0.486 e. The van der Waals surface area contributed by atoms with Crippen molar-refractivity contribution in [3.63, 3.8) is 0 Å². The summed E-state index contributed by atoms with van der Waals surface area (Å²) >= 11 is 0. The molecule has 1 aliphatic rings. The number of alkyl halides is 3. The Morgan fingerprint density at radius 1 is 1.13 bits per heavy atom. The van der Waals surface area contributed by atoms with Crippen molar-refractivity contribution in [3.8, 4) is 5.75 Å². The van der Waals surface area contributed by atoms with Crippen molar-refractivity contribution in [2.24, 2.45) is 0 Å². The van der Waals surface area contributed by atoms with E-state index in [4.69, 9.17) is 4.74 Å². The number of pyridine rings is 2. The SMILES string of the molecule is O=Cc1ccc2c(c1)CCC(c1c(OCc3ccc(C(F)(F)F)cn3)cc[nH]c1=O)=C2. The van der Waals surface area contributed by atoms with Gasteiger partial charge in [-0.1, -0.05) is 18.2 Å². The molecule has 0 bridgehead atoms. The van der Waals surface area contributed by atoms with E-state index in [-0.39, 0.29) is 12.2 Å². The number of aryl methyl sites for hydroxylation is 1. The van der Waals surface area contributed by atoms with E-state index >= 15 is 0 Å². The average molecular weight is 426 g/mol. The lowest BCUT2D eigenvalue weighted by Gasteiger charge is -2.19. The number of halogens is 3. The molecule has 158 valence electrons. The zero-order valence-electron chi connectivity index (χ0n) is 16.2. The zero-order valence-corrected chi connectivity index (χ0v) is 16.2. The number of aromatic amines is 1. The predicted octanol–water partition coefficient (Wildman–Crippen LogP) is 4.67. The van der Waals surface area contributed by atoms with Gasteiger partial charge in [0, 0.05) is 18.0 Å². The fraction of sp³-hybridized carbons (Fsp3) is 0.174. The molecular formula is C23H17F3N2O3. The highest BCUT2D eigenvalue weighted by Gasteiger charge is 2.30. The van der Waals surface area contributed by atoms with Crippen LogP contribution in [0.4, 0.5) is 13.2 Å². The summed E-state index contributed by atoms with van der Waals surface area (Å²) in [5, 5.41) is 0. The summed E-state index contributed by atoms with van der Waals surface area (Å²) in [7, 11) is 0. The summed E-state index contributed by atoms with van der Waals surface area (Å²) in [4.78, 5) is 30.0. The first-order valence-electron chi connectivity index (χ1n) is 9.51. The Morgan fingerprint density at radius 2 is 1.97 bits per heavy atom. The molecule has 0 saturated carbocycles. The fourth-order valence-corrected chi connectivity index (χ4v) is 3.50. The molecule has 2 aromatic heterocycles. The van der Waals surface area contributed by atoms with Gasteiger partial charge in [-0.3, -0.25) is 14.6 Å². The van der Waals surface area contributed by atoms with E-state index in [1.54, 1.807) is 12.1 Å². The number of ether oxygens (including phenoxy) is 1. The van der Waals surface area contributed by atoms with Crippen molar-refractivity contribution in [2.45, 2.75) is 25.6 Å². The monoisotopic (exact) mass is 426 g/mol.